The van der Waals surface area contributed by atoms with Gasteiger partial charge in [-0.15, -0.1) is 0 Å². The largest absolute Gasteiger partial charge is 0.493 e. The molecule has 0 N–H and O–H groups in total. The van der Waals surface area contributed by atoms with Crippen LogP contribution in [0.3, 0.4) is 0 Å². The highest BCUT2D eigenvalue weighted by atomic mass is 35.5. The van der Waals surface area contributed by atoms with Gasteiger partial charge in [0, 0.05) is 22.2 Å². The van der Waals surface area contributed by atoms with Crippen molar-refractivity contribution in [1.82, 2.24) is 9.78 Å². The number of benzene rings is 2. The molecule has 0 radical (unpaired) electrons. The molecule has 2 aromatic carbocycles. The molecule has 0 unspecified atom stereocenters. The Labute approximate surface area is 274 Å². The van der Waals surface area contributed by atoms with E-state index in [1.165, 1.54) is 83.5 Å². The number of ether oxygens (including phenoxy) is 1. The normalized spacial score (nSPS) is 11.4. The van der Waals surface area contributed by atoms with Gasteiger partial charge in [-0.3, -0.25) is 4.68 Å². The highest BCUT2D eigenvalue weighted by molar-refractivity contribution is 6.37. The molecule has 0 bridgehead atoms. The Morgan fingerprint density at radius 2 is 1.19 bits per heavy atom. The van der Waals surface area contributed by atoms with Crippen LogP contribution in [0.25, 0.3) is 22.5 Å². The summed E-state index contributed by atoms with van der Waals surface area (Å²) in [6.45, 7) is 5.92. The molecule has 0 saturated heterocycles. The lowest BCUT2D eigenvalue weighted by Crippen LogP contribution is -2.05. The lowest BCUT2D eigenvalue weighted by Gasteiger charge is -2.15. The van der Waals surface area contributed by atoms with Crippen molar-refractivity contribution >= 4 is 46.4 Å². The first kappa shape index (κ1) is 35.1. The van der Waals surface area contributed by atoms with Crippen molar-refractivity contribution in [3.63, 3.8) is 0 Å². The Morgan fingerprint density at radius 1 is 0.619 bits per heavy atom. The van der Waals surface area contributed by atoms with E-state index in [4.69, 9.17) is 56.2 Å². The van der Waals surface area contributed by atoms with E-state index in [1.807, 2.05) is 18.2 Å². The number of aryl methyl sites for hydroxylation is 1. The maximum atomic E-state index is 6.87. The average molecular weight is 655 g/mol. The van der Waals surface area contributed by atoms with Crippen molar-refractivity contribution in [3.8, 4) is 28.3 Å². The van der Waals surface area contributed by atoms with Gasteiger partial charge < -0.3 is 4.74 Å². The third kappa shape index (κ3) is 11.6. The van der Waals surface area contributed by atoms with E-state index in [9.17, 15) is 0 Å². The smallest absolute Gasteiger partial charge is 0.131 e. The van der Waals surface area contributed by atoms with Crippen LogP contribution in [0.1, 0.15) is 117 Å². The maximum Gasteiger partial charge on any atom is 0.131 e. The highest BCUT2D eigenvalue weighted by Crippen LogP contribution is 2.41. The molecule has 0 atom stereocenters. The third-order valence-corrected chi connectivity index (χ3v) is 8.81. The molecule has 3 nitrogen and oxygen atoms in total. The van der Waals surface area contributed by atoms with Crippen LogP contribution in [-0.2, 0) is 6.54 Å². The zero-order valence-electron chi connectivity index (χ0n) is 25.5. The molecule has 0 aliphatic rings. The number of hydrogen-bond donors (Lipinski definition) is 0. The molecule has 0 saturated carbocycles. The molecule has 0 spiro atoms. The van der Waals surface area contributed by atoms with E-state index in [0.717, 1.165) is 48.3 Å². The van der Waals surface area contributed by atoms with Crippen molar-refractivity contribution in [2.24, 2.45) is 0 Å². The quantitative estimate of drug-likeness (QED) is 0.107. The summed E-state index contributed by atoms with van der Waals surface area (Å²) in [7, 11) is 0. The summed E-state index contributed by atoms with van der Waals surface area (Å²) in [5.41, 5.74) is 3.35. The standard InChI is InChI=1S/C35H48Cl4N2O/c1-3-5-7-9-11-13-15-17-21-41-33(26-32(40-41)29-20-19-27(36)23-30(29)38)35-31(39)24-28(37)25-34(35)42-22-18-16-14-12-10-8-6-4-2/h19-20,23-26H,3-18,21-22H2,1-2H3. The number of rotatable bonds is 21. The van der Waals surface area contributed by atoms with Gasteiger partial charge in [-0.1, -0.05) is 150 Å². The van der Waals surface area contributed by atoms with Crippen LogP contribution >= 0.6 is 46.4 Å². The first-order valence-electron chi connectivity index (χ1n) is 16.1. The second-order valence-electron chi connectivity index (χ2n) is 11.3. The van der Waals surface area contributed by atoms with Crippen molar-refractivity contribution in [2.75, 3.05) is 6.61 Å². The highest BCUT2D eigenvalue weighted by Gasteiger charge is 2.20. The minimum Gasteiger partial charge on any atom is -0.493 e. The molecule has 1 aromatic heterocycles. The summed E-state index contributed by atoms with van der Waals surface area (Å²) in [5.74, 6) is 0.696. The van der Waals surface area contributed by atoms with Crippen molar-refractivity contribution in [1.29, 1.82) is 0 Å². The van der Waals surface area contributed by atoms with Crippen LogP contribution in [0.4, 0.5) is 0 Å². The van der Waals surface area contributed by atoms with Crippen LogP contribution in [0.2, 0.25) is 20.1 Å². The average Bonchev–Trinajstić information content (AvgIpc) is 3.36. The molecule has 1 heterocycles. The molecular formula is C35H48Cl4N2O. The SMILES string of the molecule is CCCCCCCCCCOc1cc(Cl)cc(Cl)c1-c1cc(-c2ccc(Cl)cc2Cl)nn1CCCCCCCCCC. The number of unbranched alkanes of at least 4 members (excludes halogenated alkanes) is 14. The van der Waals surface area contributed by atoms with Gasteiger partial charge in [0.2, 0.25) is 0 Å². The molecule has 7 heteroatoms. The Bertz CT molecular complexity index is 1210. The predicted octanol–water partition coefficient (Wildman–Crippen LogP) is 13.5. The fourth-order valence-corrected chi connectivity index (χ4v) is 6.42. The summed E-state index contributed by atoms with van der Waals surface area (Å²) in [5, 5.41) is 7.28. The maximum absolute atomic E-state index is 6.87. The van der Waals surface area contributed by atoms with E-state index in [-0.39, 0.29) is 0 Å². The Hall–Kier alpha value is -1.39. The zero-order chi connectivity index (χ0) is 30.2. The molecule has 3 rings (SSSR count). The molecule has 0 fully saturated rings. The first-order chi connectivity index (χ1) is 20.4. The zero-order valence-corrected chi connectivity index (χ0v) is 28.5. The van der Waals surface area contributed by atoms with Gasteiger partial charge >= 0.3 is 0 Å². The fraction of sp³-hybridized carbons (Fsp3) is 0.571. The molecule has 3 aromatic rings. The van der Waals surface area contributed by atoms with Gasteiger partial charge in [0.15, 0.2) is 0 Å². The van der Waals surface area contributed by atoms with Crippen LogP contribution in [0.15, 0.2) is 36.4 Å². The minimum absolute atomic E-state index is 0.555. The summed E-state index contributed by atoms with van der Waals surface area (Å²) >= 11 is 26.1. The lowest BCUT2D eigenvalue weighted by atomic mass is 10.1. The Balaban J connectivity index is 1.76. The monoisotopic (exact) mass is 652 g/mol. The van der Waals surface area contributed by atoms with Gasteiger partial charge in [-0.25, -0.2) is 0 Å². The second-order valence-corrected chi connectivity index (χ2v) is 13.0. The molecular weight excluding hydrogens is 606 g/mol. The van der Waals surface area contributed by atoms with E-state index in [0.29, 0.717) is 32.4 Å². The Morgan fingerprint density at radius 3 is 1.81 bits per heavy atom. The fourth-order valence-electron chi connectivity index (χ4n) is 5.34. The molecule has 0 amide bonds. The Kier molecular flexibility index (Phi) is 16.5. The minimum atomic E-state index is 0.555. The first-order valence-corrected chi connectivity index (χ1v) is 17.6. The second kappa shape index (κ2) is 19.8. The van der Waals surface area contributed by atoms with Crippen molar-refractivity contribution < 1.29 is 4.74 Å². The molecule has 0 aliphatic carbocycles. The van der Waals surface area contributed by atoms with Crippen LogP contribution in [0, 0.1) is 0 Å². The van der Waals surface area contributed by atoms with E-state index in [2.05, 4.69) is 24.6 Å². The topological polar surface area (TPSA) is 27.1 Å². The molecule has 232 valence electrons. The van der Waals surface area contributed by atoms with E-state index in [1.54, 1.807) is 12.1 Å². The number of hydrogen-bond acceptors (Lipinski definition) is 2. The van der Waals surface area contributed by atoms with Crippen LogP contribution in [0.5, 0.6) is 5.75 Å². The summed E-state index contributed by atoms with van der Waals surface area (Å²) in [4.78, 5) is 0. The predicted molar refractivity (Wildman–Crippen MR) is 184 cm³/mol. The summed E-state index contributed by atoms with van der Waals surface area (Å²) < 4.78 is 8.40. The third-order valence-electron chi connectivity index (χ3n) is 7.74. The van der Waals surface area contributed by atoms with E-state index >= 15 is 0 Å². The number of halogens is 4. The van der Waals surface area contributed by atoms with Crippen molar-refractivity contribution in [3.05, 3.63) is 56.5 Å². The number of aromatic nitrogens is 2. The van der Waals surface area contributed by atoms with E-state index < -0.39 is 0 Å². The summed E-state index contributed by atoms with van der Waals surface area (Å²) in [6, 6.07) is 11.2. The number of nitrogens with zero attached hydrogens (tertiary/aromatic N) is 2. The van der Waals surface area contributed by atoms with Gasteiger partial charge in [0.1, 0.15) is 5.75 Å². The van der Waals surface area contributed by atoms with Gasteiger partial charge in [0.05, 0.1) is 33.6 Å². The molecule has 42 heavy (non-hydrogen) atoms. The van der Waals surface area contributed by atoms with Crippen LogP contribution < -0.4 is 4.74 Å². The van der Waals surface area contributed by atoms with Gasteiger partial charge in [-0.2, -0.15) is 5.10 Å². The van der Waals surface area contributed by atoms with Gasteiger partial charge in [-0.05, 0) is 49.2 Å². The summed E-state index contributed by atoms with van der Waals surface area (Å²) in [6.07, 6.45) is 20.0. The molecule has 0 aliphatic heterocycles. The van der Waals surface area contributed by atoms with Gasteiger partial charge in [0.25, 0.3) is 0 Å². The lowest BCUT2D eigenvalue weighted by molar-refractivity contribution is 0.305. The van der Waals surface area contributed by atoms with Crippen LogP contribution in [-0.4, -0.2) is 16.4 Å². The van der Waals surface area contributed by atoms with Crippen molar-refractivity contribution in [2.45, 2.75) is 123 Å².